The molecule has 2 nitrogen and oxygen atoms in total. The maximum absolute atomic E-state index is 6.16. The molecule has 0 unspecified atom stereocenters. The Bertz CT molecular complexity index is 603. The number of hydrogen-bond acceptors (Lipinski definition) is 2. The van der Waals surface area contributed by atoms with Gasteiger partial charge in [-0.25, -0.2) is 9.97 Å². The van der Waals surface area contributed by atoms with Gasteiger partial charge in [-0.3, -0.25) is 0 Å². The van der Waals surface area contributed by atoms with Gasteiger partial charge in [-0.05, 0) is 40.5 Å². The zero-order valence-electron chi connectivity index (χ0n) is 9.35. The molecule has 0 fully saturated rings. The van der Waals surface area contributed by atoms with Crippen LogP contribution in [0.1, 0.15) is 12.6 Å². The second-order valence-electron chi connectivity index (χ2n) is 3.58. The molecule has 2 rings (SSSR count). The summed E-state index contributed by atoms with van der Waals surface area (Å²) in [5.74, 6) is 0.534. The van der Waals surface area contributed by atoms with Crippen LogP contribution < -0.4 is 0 Å². The SMILES string of the molecule is CCc1nc(-c2cc(Br)ccc2Cl)nc(Cl)c1Br. The molecule has 1 aromatic carbocycles. The fraction of sp³-hybridized carbons (Fsp3) is 0.167. The van der Waals surface area contributed by atoms with Crippen molar-refractivity contribution in [3.05, 3.63) is 43.0 Å². The number of benzene rings is 1. The van der Waals surface area contributed by atoms with Crippen molar-refractivity contribution in [2.24, 2.45) is 0 Å². The van der Waals surface area contributed by atoms with Crippen LogP contribution >= 0.6 is 55.1 Å². The fourth-order valence-corrected chi connectivity index (χ4v) is 2.70. The van der Waals surface area contributed by atoms with Gasteiger partial charge in [0.2, 0.25) is 0 Å². The highest BCUT2D eigenvalue weighted by Gasteiger charge is 2.13. The van der Waals surface area contributed by atoms with Gasteiger partial charge in [-0.2, -0.15) is 0 Å². The first-order valence-electron chi connectivity index (χ1n) is 5.20. The van der Waals surface area contributed by atoms with Crippen LogP contribution in [0, 0.1) is 0 Å². The standard InChI is InChI=1S/C12H8Br2Cl2N2/c1-2-9-10(14)11(16)18-12(17-9)7-5-6(13)3-4-8(7)15/h3-5H,2H2,1H3. The van der Waals surface area contributed by atoms with E-state index < -0.39 is 0 Å². The lowest BCUT2D eigenvalue weighted by molar-refractivity contribution is 0.991. The fourth-order valence-electron chi connectivity index (χ4n) is 1.49. The Morgan fingerprint density at radius 2 is 1.89 bits per heavy atom. The van der Waals surface area contributed by atoms with E-state index in [0.717, 1.165) is 26.6 Å². The average molecular weight is 411 g/mol. The molecule has 0 aliphatic heterocycles. The Morgan fingerprint density at radius 3 is 2.56 bits per heavy atom. The van der Waals surface area contributed by atoms with E-state index >= 15 is 0 Å². The van der Waals surface area contributed by atoms with Gasteiger partial charge in [0.1, 0.15) is 5.15 Å². The summed E-state index contributed by atoms with van der Waals surface area (Å²) >= 11 is 19.0. The highest BCUT2D eigenvalue weighted by atomic mass is 79.9. The van der Waals surface area contributed by atoms with Crippen LogP contribution in [0.25, 0.3) is 11.4 Å². The monoisotopic (exact) mass is 408 g/mol. The number of aromatic nitrogens is 2. The number of aryl methyl sites for hydroxylation is 1. The molecule has 0 bridgehead atoms. The van der Waals surface area contributed by atoms with Crippen LogP contribution in [0.5, 0.6) is 0 Å². The minimum Gasteiger partial charge on any atom is -0.232 e. The summed E-state index contributed by atoms with van der Waals surface area (Å²) in [4.78, 5) is 8.73. The first-order chi connectivity index (χ1) is 8.52. The number of hydrogen-bond donors (Lipinski definition) is 0. The molecule has 1 heterocycles. The average Bonchev–Trinajstić information content (AvgIpc) is 2.35. The quantitative estimate of drug-likeness (QED) is 0.607. The molecule has 0 radical (unpaired) electrons. The number of nitrogens with zero attached hydrogens (tertiary/aromatic N) is 2. The highest BCUT2D eigenvalue weighted by molar-refractivity contribution is 9.10. The van der Waals surface area contributed by atoms with Crippen LogP contribution in [-0.4, -0.2) is 9.97 Å². The van der Waals surface area contributed by atoms with Gasteiger partial charge in [0.15, 0.2) is 5.82 Å². The van der Waals surface area contributed by atoms with Gasteiger partial charge >= 0.3 is 0 Å². The summed E-state index contributed by atoms with van der Waals surface area (Å²) in [6, 6.07) is 5.54. The molecule has 0 atom stereocenters. The van der Waals surface area contributed by atoms with E-state index in [-0.39, 0.29) is 0 Å². The maximum Gasteiger partial charge on any atom is 0.162 e. The second-order valence-corrected chi connectivity index (χ2v) is 6.05. The van der Waals surface area contributed by atoms with Crippen LogP contribution in [0.4, 0.5) is 0 Å². The van der Waals surface area contributed by atoms with E-state index in [4.69, 9.17) is 23.2 Å². The van der Waals surface area contributed by atoms with Crippen molar-refractivity contribution in [3.63, 3.8) is 0 Å². The molecular weight excluding hydrogens is 403 g/mol. The molecule has 6 heteroatoms. The van der Waals surface area contributed by atoms with E-state index in [1.165, 1.54) is 0 Å². The molecule has 2 aromatic rings. The molecule has 0 amide bonds. The smallest absolute Gasteiger partial charge is 0.162 e. The minimum atomic E-state index is 0.396. The zero-order chi connectivity index (χ0) is 13.3. The zero-order valence-corrected chi connectivity index (χ0v) is 14.0. The van der Waals surface area contributed by atoms with Crippen LogP contribution in [0.3, 0.4) is 0 Å². The van der Waals surface area contributed by atoms with E-state index in [2.05, 4.69) is 41.8 Å². The van der Waals surface area contributed by atoms with Crippen molar-refractivity contribution in [2.45, 2.75) is 13.3 Å². The van der Waals surface area contributed by atoms with Gasteiger partial charge in [0, 0.05) is 10.0 Å². The molecule has 0 saturated carbocycles. The summed E-state index contributed by atoms with van der Waals surface area (Å²) in [7, 11) is 0. The molecule has 1 aromatic heterocycles. The lowest BCUT2D eigenvalue weighted by Gasteiger charge is -2.08. The van der Waals surface area contributed by atoms with Gasteiger partial charge in [0.05, 0.1) is 15.2 Å². The lowest BCUT2D eigenvalue weighted by atomic mass is 10.2. The highest BCUT2D eigenvalue weighted by Crippen LogP contribution is 2.32. The normalized spacial score (nSPS) is 10.7. The van der Waals surface area contributed by atoms with Gasteiger partial charge in [-0.15, -0.1) is 0 Å². The van der Waals surface area contributed by atoms with Crippen molar-refractivity contribution in [1.29, 1.82) is 0 Å². The summed E-state index contributed by atoms with van der Waals surface area (Å²) in [6.45, 7) is 2.01. The van der Waals surface area contributed by atoms with Crippen molar-refractivity contribution in [3.8, 4) is 11.4 Å². The van der Waals surface area contributed by atoms with Crippen molar-refractivity contribution >= 4 is 55.1 Å². The third kappa shape index (κ3) is 2.87. The number of rotatable bonds is 2. The lowest BCUT2D eigenvalue weighted by Crippen LogP contribution is -1.98. The van der Waals surface area contributed by atoms with Gasteiger partial charge < -0.3 is 0 Å². The number of halogens is 4. The molecule has 94 valence electrons. The molecular formula is C12H8Br2Cl2N2. The van der Waals surface area contributed by atoms with Crippen molar-refractivity contribution in [1.82, 2.24) is 9.97 Å². The second kappa shape index (κ2) is 5.87. The largest absolute Gasteiger partial charge is 0.232 e. The Balaban J connectivity index is 2.64. The van der Waals surface area contributed by atoms with Gasteiger partial charge in [0.25, 0.3) is 0 Å². The minimum absolute atomic E-state index is 0.396. The molecule has 0 aliphatic carbocycles. The van der Waals surface area contributed by atoms with Crippen LogP contribution in [0.2, 0.25) is 10.2 Å². The van der Waals surface area contributed by atoms with Crippen molar-refractivity contribution < 1.29 is 0 Å². The summed E-state index contributed by atoms with van der Waals surface area (Å²) in [5.41, 5.74) is 1.62. The molecule has 0 spiro atoms. The third-order valence-electron chi connectivity index (χ3n) is 2.38. The molecule has 0 saturated heterocycles. The van der Waals surface area contributed by atoms with Crippen LogP contribution in [-0.2, 0) is 6.42 Å². The maximum atomic E-state index is 6.16. The summed E-state index contributed by atoms with van der Waals surface area (Å²) in [5, 5.41) is 0.992. The topological polar surface area (TPSA) is 25.8 Å². The predicted molar refractivity (Wildman–Crippen MR) is 82.3 cm³/mol. The van der Waals surface area contributed by atoms with E-state index in [1.54, 1.807) is 6.07 Å². The molecule has 0 aliphatic rings. The summed E-state index contributed by atoms with van der Waals surface area (Å²) in [6.07, 6.45) is 0.765. The van der Waals surface area contributed by atoms with Crippen molar-refractivity contribution in [2.75, 3.05) is 0 Å². The Labute approximate surface area is 132 Å². The summed E-state index contributed by atoms with van der Waals surface area (Å²) < 4.78 is 1.66. The first-order valence-corrected chi connectivity index (χ1v) is 7.54. The Morgan fingerprint density at radius 1 is 1.17 bits per heavy atom. The molecule has 0 N–H and O–H groups in total. The van der Waals surface area contributed by atoms with E-state index in [0.29, 0.717) is 16.0 Å². The Kier molecular flexibility index (Phi) is 4.64. The van der Waals surface area contributed by atoms with E-state index in [9.17, 15) is 0 Å². The molecule has 18 heavy (non-hydrogen) atoms. The van der Waals surface area contributed by atoms with Crippen LogP contribution in [0.15, 0.2) is 27.1 Å². The first kappa shape index (κ1) is 14.3. The third-order valence-corrected chi connectivity index (χ3v) is 4.54. The Hall–Kier alpha value is -0.160. The predicted octanol–water partition coefficient (Wildman–Crippen LogP) is 5.54. The van der Waals surface area contributed by atoms with Gasteiger partial charge in [-0.1, -0.05) is 46.1 Å². The van der Waals surface area contributed by atoms with E-state index in [1.807, 2.05) is 19.1 Å².